The Labute approximate surface area is 126 Å². The Morgan fingerprint density at radius 2 is 2.14 bits per heavy atom. The lowest BCUT2D eigenvalue weighted by atomic mass is 10.0. The van der Waals surface area contributed by atoms with Gasteiger partial charge < -0.3 is 5.32 Å². The summed E-state index contributed by atoms with van der Waals surface area (Å²) in [6.07, 6.45) is 3.73. The van der Waals surface area contributed by atoms with E-state index in [-0.39, 0.29) is 16.8 Å². The van der Waals surface area contributed by atoms with Crippen LogP contribution in [0.25, 0.3) is 0 Å². The Kier molecular flexibility index (Phi) is 5.00. The maximum absolute atomic E-state index is 12.8. The van der Waals surface area contributed by atoms with E-state index >= 15 is 0 Å². The van der Waals surface area contributed by atoms with Crippen LogP contribution in [0.5, 0.6) is 0 Å². The summed E-state index contributed by atoms with van der Waals surface area (Å²) >= 11 is 0. The van der Waals surface area contributed by atoms with Crippen LogP contribution < -0.4 is 5.32 Å². The maximum Gasteiger partial charge on any atom is 0.243 e. The topological polar surface area (TPSA) is 66.5 Å². The number of carbonyl (C=O) groups excluding carboxylic acids is 1. The van der Waals surface area contributed by atoms with Crippen molar-refractivity contribution in [2.24, 2.45) is 0 Å². The van der Waals surface area contributed by atoms with Crippen molar-refractivity contribution in [2.45, 2.75) is 50.5 Å². The van der Waals surface area contributed by atoms with E-state index in [1.165, 1.54) is 13.0 Å². The molecule has 1 aromatic carbocycles. The summed E-state index contributed by atoms with van der Waals surface area (Å²) in [4.78, 5) is 11.3. The molecule has 1 aliphatic heterocycles. The molecule has 2 rings (SSSR count). The Morgan fingerprint density at radius 3 is 2.81 bits per heavy atom. The highest BCUT2D eigenvalue weighted by atomic mass is 32.2. The molecule has 21 heavy (non-hydrogen) atoms. The Balaban J connectivity index is 2.32. The summed E-state index contributed by atoms with van der Waals surface area (Å²) in [6.45, 7) is 4.00. The third kappa shape index (κ3) is 3.63. The number of amides is 1. The number of nitrogens with zero attached hydrogens (tertiary/aromatic N) is 1. The van der Waals surface area contributed by atoms with Crippen LogP contribution >= 0.6 is 0 Å². The molecule has 0 aliphatic carbocycles. The highest BCUT2D eigenvalue weighted by Gasteiger charge is 2.32. The molecule has 1 heterocycles. The van der Waals surface area contributed by atoms with E-state index in [4.69, 9.17) is 0 Å². The van der Waals surface area contributed by atoms with Crippen molar-refractivity contribution in [1.82, 2.24) is 4.31 Å². The van der Waals surface area contributed by atoms with Gasteiger partial charge in [0.2, 0.25) is 15.9 Å². The van der Waals surface area contributed by atoms with Gasteiger partial charge in [0.1, 0.15) is 0 Å². The number of anilines is 1. The smallest absolute Gasteiger partial charge is 0.243 e. The summed E-state index contributed by atoms with van der Waals surface area (Å²) < 4.78 is 27.2. The first-order valence-corrected chi connectivity index (χ1v) is 8.78. The van der Waals surface area contributed by atoms with E-state index < -0.39 is 10.0 Å². The first-order valence-electron chi connectivity index (χ1n) is 7.34. The molecule has 1 N–H and O–H groups in total. The Hall–Kier alpha value is -1.40. The van der Waals surface area contributed by atoms with E-state index in [0.717, 1.165) is 25.7 Å². The molecule has 0 spiro atoms. The molecule has 1 saturated heterocycles. The van der Waals surface area contributed by atoms with Crippen molar-refractivity contribution < 1.29 is 13.2 Å². The third-order valence-electron chi connectivity index (χ3n) is 3.81. The van der Waals surface area contributed by atoms with Gasteiger partial charge in [-0.25, -0.2) is 8.42 Å². The van der Waals surface area contributed by atoms with Gasteiger partial charge in [-0.05, 0) is 37.5 Å². The zero-order chi connectivity index (χ0) is 15.5. The van der Waals surface area contributed by atoms with Crippen molar-refractivity contribution in [1.29, 1.82) is 0 Å². The number of piperidine rings is 1. The van der Waals surface area contributed by atoms with Crippen LogP contribution in [0.4, 0.5) is 5.69 Å². The predicted molar refractivity (Wildman–Crippen MR) is 82.6 cm³/mol. The summed E-state index contributed by atoms with van der Waals surface area (Å²) in [7, 11) is -3.50. The number of rotatable bonds is 4. The maximum atomic E-state index is 12.8. The molecule has 1 aromatic rings. The summed E-state index contributed by atoms with van der Waals surface area (Å²) in [5, 5.41) is 2.62. The number of hydrogen-bond acceptors (Lipinski definition) is 3. The minimum absolute atomic E-state index is 0.0770. The average Bonchev–Trinajstić information content (AvgIpc) is 2.46. The zero-order valence-corrected chi connectivity index (χ0v) is 13.3. The molecule has 1 atom stereocenters. The number of benzene rings is 1. The molecule has 0 radical (unpaired) electrons. The lowest BCUT2D eigenvalue weighted by Crippen LogP contribution is -2.43. The van der Waals surface area contributed by atoms with Crippen LogP contribution in [0, 0.1) is 0 Å². The molecule has 0 saturated carbocycles. The second kappa shape index (κ2) is 6.58. The van der Waals surface area contributed by atoms with Gasteiger partial charge in [0.25, 0.3) is 0 Å². The lowest BCUT2D eigenvalue weighted by Gasteiger charge is -2.34. The summed E-state index contributed by atoms with van der Waals surface area (Å²) in [5.74, 6) is -0.214. The van der Waals surface area contributed by atoms with Crippen LogP contribution in [0.3, 0.4) is 0 Å². The molecular formula is C15H22N2O3S. The molecule has 6 heteroatoms. The third-order valence-corrected chi connectivity index (χ3v) is 5.75. The second-order valence-electron chi connectivity index (χ2n) is 5.38. The van der Waals surface area contributed by atoms with Gasteiger partial charge in [0, 0.05) is 25.2 Å². The zero-order valence-electron chi connectivity index (χ0n) is 12.5. The fraction of sp³-hybridized carbons (Fsp3) is 0.533. The number of sulfonamides is 1. The minimum Gasteiger partial charge on any atom is -0.326 e. The van der Waals surface area contributed by atoms with Gasteiger partial charge in [0.05, 0.1) is 4.90 Å². The van der Waals surface area contributed by atoms with Crippen LogP contribution in [-0.4, -0.2) is 31.2 Å². The van der Waals surface area contributed by atoms with E-state index in [2.05, 4.69) is 5.32 Å². The van der Waals surface area contributed by atoms with Crippen molar-refractivity contribution in [3.05, 3.63) is 24.3 Å². The first-order chi connectivity index (χ1) is 9.95. The molecule has 1 unspecified atom stereocenters. The molecule has 116 valence electrons. The lowest BCUT2D eigenvalue weighted by molar-refractivity contribution is -0.114. The van der Waals surface area contributed by atoms with Gasteiger partial charge in [-0.1, -0.05) is 19.4 Å². The highest BCUT2D eigenvalue weighted by molar-refractivity contribution is 7.89. The number of hydrogen-bond donors (Lipinski definition) is 1. The van der Waals surface area contributed by atoms with Crippen LogP contribution in [0.2, 0.25) is 0 Å². The quantitative estimate of drug-likeness (QED) is 0.929. The summed E-state index contributed by atoms with van der Waals surface area (Å²) in [6, 6.07) is 6.53. The monoisotopic (exact) mass is 310 g/mol. The Bertz CT molecular complexity index is 613. The predicted octanol–water partition coefficient (Wildman–Crippen LogP) is 2.60. The average molecular weight is 310 g/mol. The normalized spacial score (nSPS) is 20.2. The van der Waals surface area contributed by atoms with Crippen molar-refractivity contribution in [2.75, 3.05) is 11.9 Å². The van der Waals surface area contributed by atoms with Crippen molar-refractivity contribution in [3.63, 3.8) is 0 Å². The fourth-order valence-corrected chi connectivity index (χ4v) is 4.58. The molecule has 0 bridgehead atoms. The van der Waals surface area contributed by atoms with E-state index in [1.807, 2.05) is 6.92 Å². The number of nitrogens with one attached hydrogen (secondary N) is 1. The molecule has 0 aromatic heterocycles. The molecule has 1 amide bonds. The largest absolute Gasteiger partial charge is 0.326 e. The van der Waals surface area contributed by atoms with Crippen molar-refractivity contribution in [3.8, 4) is 0 Å². The van der Waals surface area contributed by atoms with Gasteiger partial charge in [-0.2, -0.15) is 4.31 Å². The fourth-order valence-electron chi connectivity index (χ4n) is 2.77. The van der Waals surface area contributed by atoms with Crippen LogP contribution in [-0.2, 0) is 14.8 Å². The van der Waals surface area contributed by atoms with Crippen molar-refractivity contribution >= 4 is 21.6 Å². The van der Waals surface area contributed by atoms with Crippen LogP contribution in [0.1, 0.15) is 39.5 Å². The standard InChI is InChI=1S/C15H22N2O3S/c1-3-14-8-4-5-10-17(14)21(19,20)15-9-6-7-13(11-15)16-12(2)18/h6-7,9,11,14H,3-5,8,10H2,1-2H3,(H,16,18). The van der Waals surface area contributed by atoms with Crippen LogP contribution in [0.15, 0.2) is 29.2 Å². The second-order valence-corrected chi connectivity index (χ2v) is 7.27. The van der Waals surface area contributed by atoms with Gasteiger partial charge in [-0.15, -0.1) is 0 Å². The molecular weight excluding hydrogens is 288 g/mol. The minimum atomic E-state index is -3.50. The van der Waals surface area contributed by atoms with Gasteiger partial charge >= 0.3 is 0 Å². The first kappa shape index (κ1) is 16.0. The van der Waals surface area contributed by atoms with Gasteiger partial charge in [-0.3, -0.25) is 4.79 Å². The van der Waals surface area contributed by atoms with E-state index in [9.17, 15) is 13.2 Å². The van der Waals surface area contributed by atoms with Gasteiger partial charge in [0.15, 0.2) is 0 Å². The molecule has 5 nitrogen and oxygen atoms in total. The SMILES string of the molecule is CCC1CCCCN1S(=O)(=O)c1cccc(NC(C)=O)c1. The van der Waals surface area contributed by atoms with E-state index in [0.29, 0.717) is 12.2 Å². The Morgan fingerprint density at radius 1 is 1.38 bits per heavy atom. The summed E-state index contributed by atoms with van der Waals surface area (Å²) in [5.41, 5.74) is 0.508. The van der Waals surface area contributed by atoms with E-state index in [1.54, 1.807) is 22.5 Å². The molecule has 1 fully saturated rings. The number of carbonyl (C=O) groups is 1. The molecule has 1 aliphatic rings. The highest BCUT2D eigenvalue weighted by Crippen LogP contribution is 2.28.